The average molecular weight is 400 g/mol. The van der Waals surface area contributed by atoms with Crippen molar-refractivity contribution in [2.75, 3.05) is 20.2 Å². The van der Waals surface area contributed by atoms with Gasteiger partial charge in [0.2, 0.25) is 5.60 Å². The van der Waals surface area contributed by atoms with Crippen molar-refractivity contribution in [3.63, 3.8) is 0 Å². The summed E-state index contributed by atoms with van der Waals surface area (Å²) in [7, 11) is 1.39. The molecule has 2 unspecified atom stereocenters. The van der Waals surface area contributed by atoms with Crippen LogP contribution < -0.4 is 10.5 Å². The number of ether oxygens (including phenoxy) is 1. The number of methoxy groups -OCH3 is 1. The number of aromatic nitrogens is 1. The lowest BCUT2D eigenvalue weighted by atomic mass is 9.97. The molecule has 0 saturated carbocycles. The fraction of sp³-hybridized carbons (Fsp3) is 0.600. The molecule has 0 radical (unpaired) electrons. The summed E-state index contributed by atoms with van der Waals surface area (Å²) in [6, 6.07) is 2.40. The lowest BCUT2D eigenvalue weighted by molar-refractivity contribution is -0.263. The van der Waals surface area contributed by atoms with Gasteiger partial charge in [0.1, 0.15) is 5.75 Å². The number of hydrogen-bond donors (Lipinski definition) is 2. The van der Waals surface area contributed by atoms with Crippen molar-refractivity contribution < 1.29 is 23.0 Å². The summed E-state index contributed by atoms with van der Waals surface area (Å²) in [5, 5.41) is 9.64. The molecular formula is C15H21ClF3N3O2S. The number of rotatable bonds is 4. The number of nitrogens with two attached hydrogens (primary N) is 1. The summed E-state index contributed by atoms with van der Waals surface area (Å²) in [6.45, 7) is 3.40. The third-order valence-electron chi connectivity index (χ3n) is 3.47. The number of aliphatic imine (C=N–C) groups is 1. The molecule has 0 saturated heterocycles. The standard InChI is InChI=1S/C13H15ClF3N3O2S.C2H6/c1-22-7-2-3-9(12(21,6-18)13(15,16)17)20-10(7)8-4-5-19-11(14)23-8;1-2/h2-3,8,21H,4-6,18H2,1H3;1-2H3. The predicted octanol–water partition coefficient (Wildman–Crippen LogP) is 3.60. The second kappa shape index (κ2) is 9.07. The second-order valence-electron chi connectivity index (χ2n) is 4.88. The molecule has 0 bridgehead atoms. The van der Waals surface area contributed by atoms with E-state index in [-0.39, 0.29) is 10.9 Å². The Hall–Kier alpha value is -1.03. The Morgan fingerprint density at radius 1 is 1.40 bits per heavy atom. The zero-order valence-corrected chi connectivity index (χ0v) is 15.7. The molecule has 10 heteroatoms. The van der Waals surface area contributed by atoms with Gasteiger partial charge in [-0.15, -0.1) is 0 Å². The third-order valence-corrected chi connectivity index (χ3v) is 4.92. The van der Waals surface area contributed by atoms with Gasteiger partial charge in [0, 0.05) is 13.1 Å². The van der Waals surface area contributed by atoms with E-state index in [9.17, 15) is 18.3 Å². The van der Waals surface area contributed by atoms with Gasteiger partial charge >= 0.3 is 6.18 Å². The summed E-state index contributed by atoms with van der Waals surface area (Å²) < 4.78 is 45.0. The van der Waals surface area contributed by atoms with Crippen molar-refractivity contribution in [3.8, 4) is 5.75 Å². The van der Waals surface area contributed by atoms with Crippen molar-refractivity contribution in [2.24, 2.45) is 10.7 Å². The molecule has 2 atom stereocenters. The minimum Gasteiger partial charge on any atom is -0.495 e. The molecule has 1 aromatic rings. The van der Waals surface area contributed by atoms with Crippen LogP contribution in [0.5, 0.6) is 5.75 Å². The molecule has 0 fully saturated rings. The number of alkyl halides is 3. The number of aliphatic hydroxyl groups is 1. The lowest BCUT2D eigenvalue weighted by Gasteiger charge is -2.30. The van der Waals surface area contributed by atoms with E-state index in [2.05, 4.69) is 9.98 Å². The lowest BCUT2D eigenvalue weighted by Crippen LogP contribution is -2.49. The molecule has 0 aromatic carbocycles. The van der Waals surface area contributed by atoms with E-state index in [1.54, 1.807) is 0 Å². The summed E-state index contributed by atoms with van der Waals surface area (Å²) >= 11 is 7.06. The van der Waals surface area contributed by atoms with Gasteiger partial charge in [-0.1, -0.05) is 37.2 Å². The summed E-state index contributed by atoms with van der Waals surface area (Å²) in [5.41, 5.74) is 1.65. The molecule has 5 nitrogen and oxygen atoms in total. The van der Waals surface area contributed by atoms with Crippen LogP contribution in [-0.4, -0.2) is 41.0 Å². The first kappa shape index (κ1) is 22.0. The van der Waals surface area contributed by atoms with Crippen molar-refractivity contribution in [3.05, 3.63) is 23.5 Å². The van der Waals surface area contributed by atoms with Crippen LogP contribution in [0.2, 0.25) is 0 Å². The molecule has 1 aliphatic rings. The molecule has 0 spiro atoms. The van der Waals surface area contributed by atoms with E-state index in [4.69, 9.17) is 22.1 Å². The van der Waals surface area contributed by atoms with Gasteiger partial charge in [0.05, 0.1) is 23.7 Å². The predicted molar refractivity (Wildman–Crippen MR) is 94.2 cm³/mol. The maximum atomic E-state index is 13.2. The summed E-state index contributed by atoms with van der Waals surface area (Å²) in [4.78, 5) is 8.02. The van der Waals surface area contributed by atoms with Gasteiger partial charge < -0.3 is 15.6 Å². The smallest absolute Gasteiger partial charge is 0.424 e. The van der Waals surface area contributed by atoms with E-state index in [1.807, 2.05) is 13.8 Å². The van der Waals surface area contributed by atoms with Crippen LogP contribution in [0.3, 0.4) is 0 Å². The van der Waals surface area contributed by atoms with E-state index in [0.29, 0.717) is 23.2 Å². The molecule has 25 heavy (non-hydrogen) atoms. The average Bonchev–Trinajstić information content (AvgIpc) is 2.61. The van der Waals surface area contributed by atoms with E-state index < -0.39 is 24.0 Å². The quantitative estimate of drug-likeness (QED) is 0.808. The fourth-order valence-corrected chi connectivity index (χ4v) is 3.45. The van der Waals surface area contributed by atoms with Gasteiger partial charge in [0.15, 0.2) is 4.50 Å². The highest BCUT2D eigenvalue weighted by Gasteiger charge is 2.55. The summed E-state index contributed by atoms with van der Waals surface area (Å²) in [6.07, 6.45) is -4.40. The van der Waals surface area contributed by atoms with Crippen LogP contribution in [0.4, 0.5) is 13.2 Å². The van der Waals surface area contributed by atoms with Gasteiger partial charge in [-0.05, 0) is 18.6 Å². The third kappa shape index (κ3) is 4.78. The molecule has 1 aromatic heterocycles. The first-order valence-electron chi connectivity index (χ1n) is 7.64. The number of pyridine rings is 1. The minimum atomic E-state index is -4.95. The Balaban J connectivity index is 0.00000151. The summed E-state index contributed by atoms with van der Waals surface area (Å²) in [5.74, 6) is 0.319. The van der Waals surface area contributed by atoms with Gasteiger partial charge in [-0.25, -0.2) is 4.98 Å². The highest BCUT2D eigenvalue weighted by atomic mass is 35.5. The molecular weight excluding hydrogens is 379 g/mol. The van der Waals surface area contributed by atoms with Crippen molar-refractivity contribution in [2.45, 2.75) is 37.3 Å². The second-order valence-corrected chi connectivity index (χ2v) is 6.65. The molecule has 0 aliphatic carbocycles. The van der Waals surface area contributed by atoms with Gasteiger partial charge in [-0.2, -0.15) is 13.2 Å². The normalized spacial score (nSPS) is 20.0. The number of thioether (sulfide) groups is 1. The number of nitrogens with zero attached hydrogens (tertiary/aromatic N) is 2. The SMILES string of the molecule is CC.COc1ccc(C(O)(CN)C(F)(F)F)nc1C1CCN=C(Cl)S1. The molecule has 0 amide bonds. The maximum absolute atomic E-state index is 13.2. The Kier molecular flexibility index (Phi) is 7.98. The van der Waals surface area contributed by atoms with Crippen LogP contribution in [-0.2, 0) is 5.60 Å². The Morgan fingerprint density at radius 3 is 2.52 bits per heavy atom. The van der Waals surface area contributed by atoms with Crippen LogP contribution in [0.25, 0.3) is 0 Å². The zero-order chi connectivity index (χ0) is 19.3. The van der Waals surface area contributed by atoms with E-state index in [1.165, 1.54) is 24.9 Å². The highest BCUT2D eigenvalue weighted by molar-refractivity contribution is 8.17. The monoisotopic (exact) mass is 399 g/mol. The first-order valence-corrected chi connectivity index (χ1v) is 8.90. The van der Waals surface area contributed by atoms with Crippen molar-refractivity contribution >= 4 is 27.9 Å². The van der Waals surface area contributed by atoms with Crippen LogP contribution in [0, 0.1) is 0 Å². The Labute approximate surface area is 153 Å². The molecule has 2 rings (SSSR count). The largest absolute Gasteiger partial charge is 0.495 e. The Bertz CT molecular complexity index is 616. The Morgan fingerprint density at radius 2 is 2.04 bits per heavy atom. The van der Waals surface area contributed by atoms with Crippen LogP contribution in [0.1, 0.15) is 36.9 Å². The van der Waals surface area contributed by atoms with Crippen molar-refractivity contribution in [1.82, 2.24) is 4.98 Å². The van der Waals surface area contributed by atoms with Gasteiger partial charge in [-0.3, -0.25) is 4.99 Å². The number of halogens is 4. The van der Waals surface area contributed by atoms with Crippen LogP contribution >= 0.6 is 23.4 Å². The molecule has 2 heterocycles. The maximum Gasteiger partial charge on any atom is 0.424 e. The van der Waals surface area contributed by atoms with Crippen LogP contribution in [0.15, 0.2) is 17.1 Å². The molecule has 142 valence electrons. The minimum absolute atomic E-state index is 0.277. The number of hydrogen-bond acceptors (Lipinski definition) is 6. The molecule has 3 N–H and O–H groups in total. The van der Waals surface area contributed by atoms with Crippen molar-refractivity contribution in [1.29, 1.82) is 0 Å². The highest BCUT2D eigenvalue weighted by Crippen LogP contribution is 2.43. The van der Waals surface area contributed by atoms with E-state index in [0.717, 1.165) is 6.07 Å². The molecule has 1 aliphatic heterocycles. The topological polar surface area (TPSA) is 80.7 Å². The van der Waals surface area contributed by atoms with Gasteiger partial charge in [0.25, 0.3) is 0 Å². The zero-order valence-electron chi connectivity index (χ0n) is 14.1. The fourth-order valence-electron chi connectivity index (χ4n) is 2.14. The van der Waals surface area contributed by atoms with E-state index >= 15 is 0 Å². The first-order chi connectivity index (χ1) is 11.7.